The second-order valence-electron chi connectivity index (χ2n) is 3.93. The first-order valence-corrected chi connectivity index (χ1v) is 7.32. The number of phenols is 1. The van der Waals surface area contributed by atoms with Crippen molar-refractivity contribution in [3.05, 3.63) is 35.9 Å². The Bertz CT molecular complexity index is 499. The van der Waals surface area contributed by atoms with Gasteiger partial charge in [-0.05, 0) is 30.7 Å². The van der Waals surface area contributed by atoms with Gasteiger partial charge >= 0.3 is 13.8 Å². The van der Waals surface area contributed by atoms with Crippen LogP contribution in [0.3, 0.4) is 0 Å². The van der Waals surface area contributed by atoms with Gasteiger partial charge in [0.2, 0.25) is 0 Å². The summed E-state index contributed by atoms with van der Waals surface area (Å²) in [6.07, 6.45) is 3.51. The third-order valence-corrected chi connectivity index (χ3v) is 1.90. The highest BCUT2D eigenvalue weighted by molar-refractivity contribution is 7.45. The summed E-state index contributed by atoms with van der Waals surface area (Å²) in [5, 5.41) is 9.05. The molecule has 0 amide bonds. The molecular formula is C12H18NO7P. The average molecular weight is 319 g/mol. The highest BCUT2D eigenvalue weighted by Crippen LogP contribution is 2.25. The Labute approximate surface area is 121 Å². The lowest BCUT2D eigenvalue weighted by Gasteiger charge is -2.03. The van der Waals surface area contributed by atoms with E-state index < -0.39 is 19.8 Å². The van der Waals surface area contributed by atoms with Gasteiger partial charge in [0.1, 0.15) is 18.4 Å². The van der Waals surface area contributed by atoms with Crippen molar-refractivity contribution < 1.29 is 33.9 Å². The van der Waals surface area contributed by atoms with Crippen LogP contribution < -0.4 is 5.73 Å². The summed E-state index contributed by atoms with van der Waals surface area (Å²) in [6, 6.07) is 6.11. The van der Waals surface area contributed by atoms with Gasteiger partial charge < -0.3 is 30.3 Å². The first-order valence-electron chi connectivity index (χ1n) is 5.75. The van der Waals surface area contributed by atoms with Gasteiger partial charge in [0.15, 0.2) is 0 Å². The molecule has 0 heterocycles. The van der Waals surface area contributed by atoms with Crippen LogP contribution in [0.5, 0.6) is 5.75 Å². The lowest BCUT2D eigenvalue weighted by atomic mass is 10.2. The fourth-order valence-electron chi connectivity index (χ4n) is 1.03. The number of phenolic OH excluding ortho intramolecular Hbond substituents is 1. The summed E-state index contributed by atoms with van der Waals surface area (Å²) in [4.78, 5) is 32.5. The van der Waals surface area contributed by atoms with Gasteiger partial charge in [-0.25, -0.2) is 4.57 Å². The molecule has 1 aromatic carbocycles. The molecule has 0 radical (unpaired) electrons. The van der Waals surface area contributed by atoms with E-state index in [0.29, 0.717) is 0 Å². The standard InChI is InChI=1S/C12H15NO3.H3O4P/c1-9(13)12(15)16-8-2-3-10-4-6-11(14)7-5-10;1-5(2,3)4/h2-7,9,14H,8,13H2,1H3;(H3,1,2,3,4)/b3-2+;. The molecule has 6 N–H and O–H groups in total. The summed E-state index contributed by atoms with van der Waals surface area (Å²) in [6.45, 7) is 1.77. The number of carbonyl (C=O) groups is 1. The topological polar surface area (TPSA) is 150 Å². The Morgan fingerprint density at radius 2 is 1.81 bits per heavy atom. The van der Waals surface area contributed by atoms with Crippen LogP contribution in [0, 0.1) is 0 Å². The van der Waals surface area contributed by atoms with Gasteiger partial charge in [0.25, 0.3) is 0 Å². The molecule has 9 heteroatoms. The Balaban J connectivity index is 0.000000690. The normalized spacial score (nSPS) is 12.4. The van der Waals surface area contributed by atoms with Crippen LogP contribution in [0.4, 0.5) is 0 Å². The van der Waals surface area contributed by atoms with E-state index >= 15 is 0 Å². The number of phosphoric acid groups is 1. The van der Waals surface area contributed by atoms with Gasteiger partial charge in [0, 0.05) is 0 Å². The van der Waals surface area contributed by atoms with E-state index in [4.69, 9.17) is 34.8 Å². The largest absolute Gasteiger partial charge is 0.508 e. The molecule has 0 spiro atoms. The molecule has 1 atom stereocenters. The lowest BCUT2D eigenvalue weighted by molar-refractivity contribution is -0.143. The molecular weight excluding hydrogens is 301 g/mol. The zero-order valence-electron chi connectivity index (χ0n) is 11.3. The number of aromatic hydroxyl groups is 1. The number of benzene rings is 1. The molecule has 0 aliphatic carbocycles. The molecule has 0 aliphatic heterocycles. The fraction of sp³-hybridized carbons (Fsp3) is 0.250. The van der Waals surface area contributed by atoms with Crippen molar-refractivity contribution in [2.24, 2.45) is 5.73 Å². The number of hydrogen-bond donors (Lipinski definition) is 5. The zero-order chi connectivity index (χ0) is 16.5. The number of ether oxygens (including phenoxy) is 1. The molecule has 0 bridgehead atoms. The number of carbonyl (C=O) groups excluding carboxylic acids is 1. The maximum absolute atomic E-state index is 11.0. The molecule has 0 aromatic heterocycles. The average Bonchev–Trinajstić information content (AvgIpc) is 2.34. The van der Waals surface area contributed by atoms with Crippen LogP contribution >= 0.6 is 7.82 Å². The summed E-state index contributed by atoms with van der Waals surface area (Å²) in [5.74, 6) is -0.198. The Hall–Kier alpha value is -1.70. The van der Waals surface area contributed by atoms with Crippen molar-refractivity contribution in [2.45, 2.75) is 13.0 Å². The number of hydrogen-bond acceptors (Lipinski definition) is 5. The molecule has 118 valence electrons. The minimum absolute atomic E-state index is 0.196. The SMILES string of the molecule is CC(N)C(=O)OC/C=C/c1ccc(O)cc1.O=P(O)(O)O. The third kappa shape index (κ3) is 13.1. The Morgan fingerprint density at radius 3 is 2.24 bits per heavy atom. The first-order chi connectivity index (χ1) is 9.59. The maximum atomic E-state index is 11.0. The van der Waals surface area contributed by atoms with Gasteiger partial charge in [-0.2, -0.15) is 0 Å². The van der Waals surface area contributed by atoms with Crippen molar-refractivity contribution in [3.63, 3.8) is 0 Å². The number of rotatable bonds is 4. The van der Waals surface area contributed by atoms with Crippen LogP contribution in [-0.2, 0) is 14.1 Å². The smallest absolute Gasteiger partial charge is 0.466 e. The van der Waals surface area contributed by atoms with E-state index in [1.54, 1.807) is 43.3 Å². The van der Waals surface area contributed by atoms with Gasteiger partial charge in [-0.15, -0.1) is 0 Å². The van der Waals surface area contributed by atoms with Crippen LogP contribution in [0.1, 0.15) is 12.5 Å². The van der Waals surface area contributed by atoms with E-state index in [1.165, 1.54) is 0 Å². The van der Waals surface area contributed by atoms with Crippen LogP contribution in [-0.4, -0.2) is 38.4 Å². The lowest BCUT2D eigenvalue weighted by Crippen LogP contribution is -2.28. The second kappa shape index (κ2) is 9.28. The van der Waals surface area contributed by atoms with Crippen molar-refractivity contribution in [1.29, 1.82) is 0 Å². The zero-order valence-corrected chi connectivity index (χ0v) is 12.2. The Kier molecular flexibility index (Phi) is 8.52. The van der Waals surface area contributed by atoms with E-state index in [1.807, 2.05) is 0 Å². The highest BCUT2D eigenvalue weighted by atomic mass is 31.2. The van der Waals surface area contributed by atoms with Crippen LogP contribution in [0.2, 0.25) is 0 Å². The maximum Gasteiger partial charge on any atom is 0.466 e. The molecule has 1 aromatic rings. The molecule has 0 aliphatic rings. The van der Waals surface area contributed by atoms with Crippen molar-refractivity contribution in [2.75, 3.05) is 6.61 Å². The van der Waals surface area contributed by atoms with Crippen molar-refractivity contribution in [3.8, 4) is 5.75 Å². The van der Waals surface area contributed by atoms with Gasteiger partial charge in [-0.3, -0.25) is 4.79 Å². The minimum atomic E-state index is -4.64. The molecule has 0 saturated carbocycles. The third-order valence-electron chi connectivity index (χ3n) is 1.90. The molecule has 0 fully saturated rings. The van der Waals surface area contributed by atoms with Gasteiger partial charge in [0.05, 0.1) is 0 Å². The van der Waals surface area contributed by atoms with Crippen molar-refractivity contribution in [1.82, 2.24) is 0 Å². The number of nitrogens with two attached hydrogens (primary N) is 1. The summed E-state index contributed by atoms with van der Waals surface area (Å²) in [5.41, 5.74) is 6.25. The predicted molar refractivity (Wildman–Crippen MR) is 76.0 cm³/mol. The van der Waals surface area contributed by atoms with E-state index in [-0.39, 0.29) is 12.4 Å². The molecule has 0 saturated heterocycles. The van der Waals surface area contributed by atoms with E-state index in [9.17, 15) is 4.79 Å². The highest BCUT2D eigenvalue weighted by Gasteiger charge is 2.06. The predicted octanol–water partition coefficient (Wildman–Crippen LogP) is 0.367. The summed E-state index contributed by atoms with van der Waals surface area (Å²) in [7, 11) is -4.64. The van der Waals surface area contributed by atoms with Gasteiger partial charge in [-0.1, -0.05) is 18.2 Å². The molecule has 1 unspecified atom stereocenters. The van der Waals surface area contributed by atoms with Crippen LogP contribution in [0.25, 0.3) is 6.08 Å². The van der Waals surface area contributed by atoms with E-state index in [0.717, 1.165) is 5.56 Å². The molecule has 1 rings (SSSR count). The Morgan fingerprint density at radius 1 is 1.33 bits per heavy atom. The molecule has 8 nitrogen and oxygen atoms in total. The van der Waals surface area contributed by atoms with Crippen LogP contribution in [0.15, 0.2) is 30.3 Å². The monoisotopic (exact) mass is 319 g/mol. The molecule has 21 heavy (non-hydrogen) atoms. The second-order valence-corrected chi connectivity index (χ2v) is 4.95. The first kappa shape index (κ1) is 19.3. The minimum Gasteiger partial charge on any atom is -0.508 e. The quantitative estimate of drug-likeness (QED) is 0.394. The van der Waals surface area contributed by atoms with Crippen molar-refractivity contribution >= 4 is 19.9 Å². The number of esters is 1. The fourth-order valence-corrected chi connectivity index (χ4v) is 1.03. The summed E-state index contributed by atoms with van der Waals surface area (Å²) < 4.78 is 13.7. The summed E-state index contributed by atoms with van der Waals surface area (Å²) >= 11 is 0. The van der Waals surface area contributed by atoms with E-state index in [2.05, 4.69) is 0 Å².